The predicted octanol–water partition coefficient (Wildman–Crippen LogP) is 2.80. The number of aliphatic hydroxyl groups excluding tert-OH is 1. The summed E-state index contributed by atoms with van der Waals surface area (Å²) in [5.41, 5.74) is -1.35. The molecule has 5 nitrogen and oxygen atoms in total. The molecule has 1 rings (SSSR count). The Labute approximate surface area is 138 Å². The highest BCUT2D eigenvalue weighted by molar-refractivity contribution is 5.97. The van der Waals surface area contributed by atoms with Gasteiger partial charge in [-0.05, 0) is 30.5 Å². The van der Waals surface area contributed by atoms with E-state index in [0.717, 1.165) is 19.1 Å². The number of amides is 2. The molecule has 1 unspecified atom stereocenters. The van der Waals surface area contributed by atoms with E-state index in [1.807, 2.05) is 13.8 Å². The molecule has 1 atom stereocenters. The minimum Gasteiger partial charge on any atom is -0.393 e. The summed E-state index contributed by atoms with van der Waals surface area (Å²) in [6.45, 7) is 4.93. The number of carbonyl (C=O) groups is 2. The number of alkyl halides is 3. The van der Waals surface area contributed by atoms with Gasteiger partial charge in [-0.15, -0.1) is 0 Å². The molecule has 0 aliphatic rings. The van der Waals surface area contributed by atoms with E-state index in [4.69, 9.17) is 0 Å². The number of carbonyl (C=O) groups excluding carboxylic acids is 2. The van der Waals surface area contributed by atoms with Crippen molar-refractivity contribution in [2.75, 3.05) is 11.9 Å². The van der Waals surface area contributed by atoms with E-state index < -0.39 is 29.7 Å². The summed E-state index contributed by atoms with van der Waals surface area (Å²) >= 11 is 0. The van der Waals surface area contributed by atoms with Gasteiger partial charge in [-0.3, -0.25) is 9.59 Å². The average Bonchev–Trinajstić information content (AvgIpc) is 2.44. The molecule has 2 amide bonds. The highest BCUT2D eigenvalue weighted by atomic mass is 19.4. The zero-order valence-electron chi connectivity index (χ0n) is 13.7. The van der Waals surface area contributed by atoms with Gasteiger partial charge in [0.1, 0.15) is 0 Å². The highest BCUT2D eigenvalue weighted by Crippen LogP contribution is 2.32. The molecule has 24 heavy (non-hydrogen) atoms. The molecular formula is C16H21F3N2O3. The molecule has 8 heteroatoms. The molecule has 0 spiro atoms. The van der Waals surface area contributed by atoms with Crippen LogP contribution in [0.4, 0.5) is 18.9 Å². The largest absolute Gasteiger partial charge is 0.416 e. The van der Waals surface area contributed by atoms with Crippen LogP contribution in [-0.2, 0) is 11.0 Å². The first-order valence-corrected chi connectivity index (χ1v) is 7.47. The quantitative estimate of drug-likeness (QED) is 0.741. The number of hydrogen-bond acceptors (Lipinski definition) is 3. The minimum atomic E-state index is -4.64. The Morgan fingerprint density at radius 3 is 2.33 bits per heavy atom. The Morgan fingerprint density at radius 2 is 1.83 bits per heavy atom. The van der Waals surface area contributed by atoms with Gasteiger partial charge in [0, 0.05) is 24.7 Å². The van der Waals surface area contributed by atoms with Gasteiger partial charge in [-0.2, -0.15) is 13.2 Å². The fourth-order valence-corrected chi connectivity index (χ4v) is 1.97. The van der Waals surface area contributed by atoms with Gasteiger partial charge >= 0.3 is 6.18 Å². The number of anilines is 1. The summed E-state index contributed by atoms with van der Waals surface area (Å²) in [5.74, 6) is -1.23. The van der Waals surface area contributed by atoms with E-state index in [2.05, 4.69) is 10.6 Å². The maximum Gasteiger partial charge on any atom is 0.416 e. The van der Waals surface area contributed by atoms with E-state index in [-0.39, 0.29) is 23.7 Å². The van der Waals surface area contributed by atoms with Crippen molar-refractivity contribution in [2.45, 2.75) is 39.5 Å². The Morgan fingerprint density at radius 1 is 1.21 bits per heavy atom. The second kappa shape index (κ2) is 8.14. The van der Waals surface area contributed by atoms with Crippen LogP contribution >= 0.6 is 0 Å². The van der Waals surface area contributed by atoms with Crippen molar-refractivity contribution in [3.8, 4) is 0 Å². The molecule has 0 saturated carbocycles. The second-order valence-electron chi connectivity index (χ2n) is 5.83. The maximum absolute atomic E-state index is 12.9. The molecule has 0 aliphatic carbocycles. The van der Waals surface area contributed by atoms with Crippen molar-refractivity contribution >= 4 is 17.5 Å². The molecular weight excluding hydrogens is 325 g/mol. The van der Waals surface area contributed by atoms with E-state index in [1.165, 1.54) is 6.07 Å². The number of nitrogens with one attached hydrogen (secondary N) is 2. The van der Waals surface area contributed by atoms with Gasteiger partial charge in [0.15, 0.2) is 0 Å². The van der Waals surface area contributed by atoms with E-state index in [0.29, 0.717) is 6.42 Å². The van der Waals surface area contributed by atoms with E-state index in [1.54, 1.807) is 0 Å². The average molecular weight is 346 g/mol. The molecule has 134 valence electrons. The predicted molar refractivity (Wildman–Crippen MR) is 83.5 cm³/mol. The fraction of sp³-hybridized carbons (Fsp3) is 0.500. The first-order chi connectivity index (χ1) is 11.0. The Bertz CT molecular complexity index is 601. The van der Waals surface area contributed by atoms with Gasteiger partial charge in [0.05, 0.1) is 11.7 Å². The van der Waals surface area contributed by atoms with Crippen molar-refractivity contribution in [2.24, 2.45) is 5.92 Å². The van der Waals surface area contributed by atoms with Crippen LogP contribution in [0.5, 0.6) is 0 Å². The third-order valence-corrected chi connectivity index (χ3v) is 3.34. The smallest absolute Gasteiger partial charge is 0.393 e. The molecule has 1 aromatic rings. The van der Waals surface area contributed by atoms with Crippen LogP contribution in [-0.4, -0.2) is 29.6 Å². The number of aliphatic hydroxyl groups is 1. The van der Waals surface area contributed by atoms with Gasteiger partial charge in [0.2, 0.25) is 5.91 Å². The van der Waals surface area contributed by atoms with Crippen molar-refractivity contribution in [1.82, 2.24) is 5.32 Å². The van der Waals surface area contributed by atoms with Crippen molar-refractivity contribution in [1.29, 1.82) is 0 Å². The summed E-state index contributed by atoms with van der Waals surface area (Å²) in [6, 6.07) is 2.66. The van der Waals surface area contributed by atoms with Gasteiger partial charge in [0.25, 0.3) is 5.91 Å². The number of rotatable bonds is 6. The van der Waals surface area contributed by atoms with Gasteiger partial charge in [-0.1, -0.05) is 13.8 Å². The molecule has 1 aromatic carbocycles. The zero-order valence-corrected chi connectivity index (χ0v) is 13.7. The van der Waals surface area contributed by atoms with Crippen LogP contribution in [0.2, 0.25) is 0 Å². The van der Waals surface area contributed by atoms with Crippen LogP contribution in [0.15, 0.2) is 18.2 Å². The van der Waals surface area contributed by atoms with Gasteiger partial charge in [-0.25, -0.2) is 0 Å². The Kier molecular flexibility index (Phi) is 6.77. The SMILES string of the molecule is CC(=O)Nc1cc(C(=O)NCCC(O)C(C)C)cc(C(F)(F)F)c1. The molecule has 0 aliphatic heterocycles. The Hall–Kier alpha value is -2.09. The standard InChI is InChI=1S/C16H21F3N2O3/c1-9(2)14(23)4-5-20-15(24)11-6-12(16(17,18)19)8-13(7-11)21-10(3)22/h6-9,14,23H,4-5H2,1-3H3,(H,20,24)(H,21,22). The molecule has 3 N–H and O–H groups in total. The summed E-state index contributed by atoms with van der Waals surface area (Å²) in [5, 5.41) is 14.4. The third-order valence-electron chi connectivity index (χ3n) is 3.34. The lowest BCUT2D eigenvalue weighted by molar-refractivity contribution is -0.137. The van der Waals surface area contributed by atoms with Gasteiger partial charge < -0.3 is 15.7 Å². The molecule has 0 aromatic heterocycles. The summed E-state index contributed by atoms with van der Waals surface area (Å²) in [4.78, 5) is 23.1. The van der Waals surface area contributed by atoms with Crippen molar-refractivity contribution in [3.05, 3.63) is 29.3 Å². The second-order valence-corrected chi connectivity index (χ2v) is 5.83. The van der Waals surface area contributed by atoms with Crippen LogP contribution in [0.25, 0.3) is 0 Å². The molecule has 0 saturated heterocycles. The lowest BCUT2D eigenvalue weighted by Gasteiger charge is -2.15. The lowest BCUT2D eigenvalue weighted by atomic mass is 10.0. The molecule has 0 bridgehead atoms. The van der Waals surface area contributed by atoms with Crippen LogP contribution in [0, 0.1) is 5.92 Å². The van der Waals surface area contributed by atoms with Crippen molar-refractivity contribution in [3.63, 3.8) is 0 Å². The third kappa shape index (κ3) is 6.19. The summed E-state index contributed by atoms with van der Waals surface area (Å²) < 4.78 is 38.8. The normalized spacial score (nSPS) is 12.8. The van der Waals surface area contributed by atoms with E-state index in [9.17, 15) is 27.9 Å². The number of halogens is 3. The maximum atomic E-state index is 12.9. The fourth-order valence-electron chi connectivity index (χ4n) is 1.97. The zero-order chi connectivity index (χ0) is 18.5. The van der Waals surface area contributed by atoms with Crippen LogP contribution < -0.4 is 10.6 Å². The summed E-state index contributed by atoms with van der Waals surface area (Å²) in [6.07, 6.45) is -4.96. The summed E-state index contributed by atoms with van der Waals surface area (Å²) in [7, 11) is 0. The molecule has 0 heterocycles. The monoisotopic (exact) mass is 346 g/mol. The highest BCUT2D eigenvalue weighted by Gasteiger charge is 2.32. The molecule has 0 fully saturated rings. The van der Waals surface area contributed by atoms with Crippen LogP contribution in [0.3, 0.4) is 0 Å². The minimum absolute atomic E-state index is 0.0156. The van der Waals surface area contributed by atoms with Crippen LogP contribution in [0.1, 0.15) is 43.1 Å². The lowest BCUT2D eigenvalue weighted by Crippen LogP contribution is -2.29. The topological polar surface area (TPSA) is 78.4 Å². The first-order valence-electron chi connectivity index (χ1n) is 7.47. The van der Waals surface area contributed by atoms with E-state index >= 15 is 0 Å². The van der Waals surface area contributed by atoms with Crippen molar-refractivity contribution < 1.29 is 27.9 Å². The number of hydrogen-bond donors (Lipinski definition) is 3. The molecule has 0 radical (unpaired) electrons. The first kappa shape index (κ1) is 20.0. The Balaban J connectivity index is 2.92. The number of benzene rings is 1.